The molecule has 98 valence electrons. The van der Waals surface area contributed by atoms with E-state index in [2.05, 4.69) is 15.6 Å². The van der Waals surface area contributed by atoms with Crippen LogP contribution in [0.4, 0.5) is 0 Å². The second kappa shape index (κ2) is 11.6. The number of rotatable bonds is 6. The summed E-state index contributed by atoms with van der Waals surface area (Å²) in [4.78, 5) is 15.4. The summed E-state index contributed by atoms with van der Waals surface area (Å²) < 4.78 is 0. The Kier molecular flexibility index (Phi) is 12.7. The van der Waals surface area contributed by atoms with Crippen molar-refractivity contribution >= 4 is 30.7 Å². The van der Waals surface area contributed by atoms with E-state index in [0.717, 1.165) is 18.7 Å². The molecule has 4 nitrogen and oxygen atoms in total. The lowest BCUT2D eigenvalue weighted by Gasteiger charge is -2.04. The number of halogens is 2. The largest absolute Gasteiger partial charge is 0.356 e. The molecule has 0 saturated heterocycles. The Hall–Kier alpha value is -0.840. The summed E-state index contributed by atoms with van der Waals surface area (Å²) in [6.07, 6.45) is 3.07. The van der Waals surface area contributed by atoms with E-state index in [1.807, 2.05) is 25.2 Å². The summed E-state index contributed by atoms with van der Waals surface area (Å²) in [5.41, 5.74) is 1.01. The number of carbonyl (C=O) groups is 1. The van der Waals surface area contributed by atoms with E-state index >= 15 is 0 Å². The first-order chi connectivity index (χ1) is 7.33. The van der Waals surface area contributed by atoms with Crippen LogP contribution in [0.5, 0.6) is 0 Å². The Morgan fingerprint density at radius 3 is 2.65 bits per heavy atom. The molecule has 1 aromatic heterocycles. The van der Waals surface area contributed by atoms with Crippen molar-refractivity contribution in [1.82, 2.24) is 15.6 Å². The molecule has 0 saturated carbocycles. The normalized spacial score (nSPS) is 8.76. The number of nitrogens with one attached hydrogen (secondary N) is 2. The fourth-order valence-electron chi connectivity index (χ4n) is 1.20. The van der Waals surface area contributed by atoms with Crippen LogP contribution in [0.3, 0.4) is 0 Å². The zero-order valence-corrected chi connectivity index (χ0v) is 11.4. The summed E-state index contributed by atoms with van der Waals surface area (Å²) in [5, 5.41) is 5.78. The average molecular weight is 280 g/mol. The van der Waals surface area contributed by atoms with Crippen molar-refractivity contribution in [3.63, 3.8) is 0 Å². The summed E-state index contributed by atoms with van der Waals surface area (Å²) in [6, 6.07) is 5.79. The summed E-state index contributed by atoms with van der Waals surface area (Å²) in [7, 11) is 1.83. The smallest absolute Gasteiger partial charge is 0.221 e. The first-order valence-corrected chi connectivity index (χ1v) is 5.14. The van der Waals surface area contributed by atoms with E-state index in [1.165, 1.54) is 0 Å². The number of carbonyl (C=O) groups excluding carboxylic acids is 1. The van der Waals surface area contributed by atoms with Crippen LogP contribution >= 0.6 is 24.8 Å². The Morgan fingerprint density at radius 1 is 1.29 bits per heavy atom. The molecular formula is C11H19Cl2N3O. The van der Waals surface area contributed by atoms with Crippen molar-refractivity contribution in [2.75, 3.05) is 20.1 Å². The van der Waals surface area contributed by atoms with E-state index in [9.17, 15) is 4.79 Å². The van der Waals surface area contributed by atoms with E-state index in [1.54, 1.807) is 6.20 Å². The number of aromatic nitrogens is 1. The third-order valence-electron chi connectivity index (χ3n) is 2.03. The molecule has 2 N–H and O–H groups in total. The monoisotopic (exact) mass is 279 g/mol. The van der Waals surface area contributed by atoms with Gasteiger partial charge in [-0.15, -0.1) is 24.8 Å². The van der Waals surface area contributed by atoms with Gasteiger partial charge in [-0.25, -0.2) is 0 Å². The highest BCUT2D eigenvalue weighted by Crippen LogP contribution is 1.93. The molecule has 0 radical (unpaired) electrons. The summed E-state index contributed by atoms with van der Waals surface area (Å²) in [5.74, 6) is 0.0836. The van der Waals surface area contributed by atoms with Crippen molar-refractivity contribution in [3.8, 4) is 0 Å². The van der Waals surface area contributed by atoms with Gasteiger partial charge in [0.2, 0.25) is 5.91 Å². The number of pyridine rings is 1. The fraction of sp³-hybridized carbons (Fsp3) is 0.455. The SMILES string of the molecule is CNCCC(=O)NCCc1ccccn1.Cl.Cl. The van der Waals surface area contributed by atoms with Gasteiger partial charge >= 0.3 is 0 Å². The molecule has 17 heavy (non-hydrogen) atoms. The van der Waals surface area contributed by atoms with Gasteiger partial charge in [-0.1, -0.05) is 6.07 Å². The average Bonchev–Trinajstić information content (AvgIpc) is 2.28. The van der Waals surface area contributed by atoms with Crippen LogP contribution in [0, 0.1) is 0 Å². The third-order valence-corrected chi connectivity index (χ3v) is 2.03. The highest BCUT2D eigenvalue weighted by molar-refractivity contribution is 5.85. The number of nitrogens with zero attached hydrogens (tertiary/aromatic N) is 1. The van der Waals surface area contributed by atoms with Crippen molar-refractivity contribution < 1.29 is 4.79 Å². The predicted molar refractivity (Wildman–Crippen MR) is 74.0 cm³/mol. The van der Waals surface area contributed by atoms with Gasteiger partial charge in [0.1, 0.15) is 0 Å². The predicted octanol–water partition coefficient (Wildman–Crippen LogP) is 1.19. The fourth-order valence-corrected chi connectivity index (χ4v) is 1.20. The maximum Gasteiger partial charge on any atom is 0.221 e. The lowest BCUT2D eigenvalue weighted by atomic mass is 10.2. The molecule has 1 amide bonds. The molecule has 0 aliphatic rings. The van der Waals surface area contributed by atoms with Crippen molar-refractivity contribution in [2.24, 2.45) is 0 Å². The van der Waals surface area contributed by atoms with Crippen LogP contribution in [-0.4, -0.2) is 31.0 Å². The van der Waals surface area contributed by atoms with Gasteiger partial charge in [0, 0.05) is 37.8 Å². The molecule has 0 unspecified atom stereocenters. The second-order valence-corrected chi connectivity index (χ2v) is 3.27. The minimum atomic E-state index is 0. The summed E-state index contributed by atoms with van der Waals surface area (Å²) >= 11 is 0. The first-order valence-electron chi connectivity index (χ1n) is 5.14. The van der Waals surface area contributed by atoms with Crippen LogP contribution in [0.2, 0.25) is 0 Å². The van der Waals surface area contributed by atoms with E-state index in [4.69, 9.17) is 0 Å². The van der Waals surface area contributed by atoms with Crippen molar-refractivity contribution in [2.45, 2.75) is 12.8 Å². The maximum absolute atomic E-state index is 11.2. The third kappa shape index (κ3) is 8.92. The van der Waals surface area contributed by atoms with Crippen LogP contribution in [0.15, 0.2) is 24.4 Å². The van der Waals surface area contributed by atoms with Gasteiger partial charge < -0.3 is 10.6 Å². The first kappa shape index (κ1) is 18.5. The zero-order chi connectivity index (χ0) is 10.9. The number of hydrogen-bond acceptors (Lipinski definition) is 3. The molecule has 0 atom stereocenters. The maximum atomic E-state index is 11.2. The van der Waals surface area contributed by atoms with Gasteiger partial charge in [-0.05, 0) is 19.2 Å². The molecule has 1 aromatic rings. The number of amides is 1. The lowest BCUT2D eigenvalue weighted by Crippen LogP contribution is -2.28. The minimum absolute atomic E-state index is 0. The summed E-state index contributed by atoms with van der Waals surface area (Å²) in [6.45, 7) is 1.37. The van der Waals surface area contributed by atoms with Gasteiger partial charge in [-0.2, -0.15) is 0 Å². The van der Waals surface area contributed by atoms with Crippen LogP contribution < -0.4 is 10.6 Å². The van der Waals surface area contributed by atoms with Crippen LogP contribution in [0.1, 0.15) is 12.1 Å². The molecule has 0 aliphatic carbocycles. The highest BCUT2D eigenvalue weighted by atomic mass is 35.5. The Balaban J connectivity index is 0. The van der Waals surface area contributed by atoms with Gasteiger partial charge in [0.15, 0.2) is 0 Å². The Labute approximate surface area is 114 Å². The van der Waals surface area contributed by atoms with Crippen LogP contribution in [0.25, 0.3) is 0 Å². The van der Waals surface area contributed by atoms with Crippen molar-refractivity contribution in [1.29, 1.82) is 0 Å². The van der Waals surface area contributed by atoms with E-state index in [-0.39, 0.29) is 30.7 Å². The topological polar surface area (TPSA) is 54.0 Å². The Bertz CT molecular complexity index is 296. The molecule has 6 heteroatoms. The molecular weight excluding hydrogens is 261 g/mol. The van der Waals surface area contributed by atoms with Gasteiger partial charge in [-0.3, -0.25) is 9.78 Å². The minimum Gasteiger partial charge on any atom is -0.356 e. The van der Waals surface area contributed by atoms with Gasteiger partial charge in [0.25, 0.3) is 0 Å². The number of hydrogen-bond donors (Lipinski definition) is 2. The highest BCUT2D eigenvalue weighted by Gasteiger charge is 1.99. The molecule has 0 fully saturated rings. The molecule has 1 rings (SSSR count). The molecule has 1 heterocycles. The molecule has 0 spiro atoms. The van der Waals surface area contributed by atoms with Crippen LogP contribution in [-0.2, 0) is 11.2 Å². The quantitative estimate of drug-likeness (QED) is 0.823. The molecule has 0 aliphatic heterocycles. The molecule has 0 aromatic carbocycles. The van der Waals surface area contributed by atoms with Gasteiger partial charge in [0.05, 0.1) is 0 Å². The standard InChI is InChI=1S/C11H17N3O.2ClH/c1-12-8-6-11(15)14-9-5-10-4-2-3-7-13-10;;/h2-4,7,12H,5-6,8-9H2,1H3,(H,14,15);2*1H. The Morgan fingerprint density at radius 2 is 2.06 bits per heavy atom. The lowest BCUT2D eigenvalue weighted by molar-refractivity contribution is -0.120. The second-order valence-electron chi connectivity index (χ2n) is 3.27. The van der Waals surface area contributed by atoms with E-state index < -0.39 is 0 Å². The zero-order valence-electron chi connectivity index (χ0n) is 9.81. The van der Waals surface area contributed by atoms with E-state index in [0.29, 0.717) is 13.0 Å². The van der Waals surface area contributed by atoms with Crippen molar-refractivity contribution in [3.05, 3.63) is 30.1 Å². The molecule has 0 bridgehead atoms.